The third kappa shape index (κ3) is 4.04. The molecular formula is C27H28N4O2S. The monoisotopic (exact) mass is 472 g/mol. The molecule has 174 valence electrons. The van der Waals surface area contributed by atoms with Crippen molar-refractivity contribution >= 4 is 33.7 Å². The summed E-state index contributed by atoms with van der Waals surface area (Å²) in [6.07, 6.45) is 2.51. The number of carbonyl (C=O) groups is 1. The summed E-state index contributed by atoms with van der Waals surface area (Å²) in [5, 5.41) is 22.5. The van der Waals surface area contributed by atoms with E-state index in [1.54, 1.807) is 11.3 Å². The lowest BCUT2D eigenvalue weighted by molar-refractivity contribution is -0.123. The van der Waals surface area contributed by atoms with Crippen LogP contribution in [-0.2, 0) is 11.2 Å². The first kappa shape index (κ1) is 21.5. The molecule has 2 aliphatic rings. The maximum Gasteiger partial charge on any atom is 0.158 e. The van der Waals surface area contributed by atoms with E-state index in [0.717, 1.165) is 64.9 Å². The van der Waals surface area contributed by atoms with E-state index in [4.69, 9.17) is 0 Å². The number of nitrogens with zero attached hydrogens (tertiary/aromatic N) is 3. The van der Waals surface area contributed by atoms with Crippen LogP contribution in [0.1, 0.15) is 30.0 Å². The molecule has 0 amide bonds. The normalized spacial score (nSPS) is 17.9. The van der Waals surface area contributed by atoms with Crippen LogP contribution in [0.15, 0.2) is 59.3 Å². The van der Waals surface area contributed by atoms with Crippen molar-refractivity contribution < 1.29 is 9.90 Å². The van der Waals surface area contributed by atoms with E-state index in [0.29, 0.717) is 19.5 Å². The van der Waals surface area contributed by atoms with Crippen LogP contribution in [-0.4, -0.2) is 58.3 Å². The molecule has 2 aliphatic heterocycles. The van der Waals surface area contributed by atoms with Crippen molar-refractivity contribution in [2.45, 2.75) is 31.4 Å². The van der Waals surface area contributed by atoms with Gasteiger partial charge in [0, 0.05) is 36.1 Å². The molecule has 6 nitrogen and oxygen atoms in total. The Balaban J connectivity index is 1.25. The standard InChI is InChI=1S/C27H28N4O2S/c32-22-15-31(16-22)21-6-4-19(5-7-21)26-23-13-18(3-8-24(23)28-29-26)14-25(33)27(20-9-12-34-17-20)30-10-1-2-11-30/h3-9,12-13,17,22,27,32H,1-2,10-11,14-16H2,(H,28,29). The highest BCUT2D eigenvalue weighted by Crippen LogP contribution is 2.32. The number of H-pyrrole nitrogens is 1. The van der Waals surface area contributed by atoms with Crippen molar-refractivity contribution in [1.82, 2.24) is 15.1 Å². The molecule has 2 fully saturated rings. The number of hydrogen-bond acceptors (Lipinski definition) is 6. The van der Waals surface area contributed by atoms with Gasteiger partial charge >= 0.3 is 0 Å². The van der Waals surface area contributed by atoms with Crippen molar-refractivity contribution in [2.75, 3.05) is 31.1 Å². The lowest BCUT2D eigenvalue weighted by Crippen LogP contribution is -2.50. The Morgan fingerprint density at radius 1 is 1.12 bits per heavy atom. The Kier molecular flexibility index (Phi) is 5.69. The molecule has 6 rings (SSSR count). The fourth-order valence-corrected chi connectivity index (χ4v) is 5.89. The van der Waals surface area contributed by atoms with E-state index in [1.165, 1.54) is 0 Å². The molecule has 2 N–H and O–H groups in total. The zero-order chi connectivity index (χ0) is 23.1. The van der Waals surface area contributed by atoms with Crippen molar-refractivity contribution in [3.8, 4) is 11.3 Å². The van der Waals surface area contributed by atoms with Gasteiger partial charge in [-0.05, 0) is 78.2 Å². The average Bonchev–Trinajstić information content (AvgIpc) is 3.60. The van der Waals surface area contributed by atoms with Crippen LogP contribution in [0, 0.1) is 0 Å². The summed E-state index contributed by atoms with van der Waals surface area (Å²) in [6, 6.07) is 16.4. The number of aromatic amines is 1. The Labute approximate surface area is 202 Å². The van der Waals surface area contributed by atoms with Gasteiger partial charge in [-0.2, -0.15) is 16.4 Å². The highest BCUT2D eigenvalue weighted by molar-refractivity contribution is 7.08. The van der Waals surface area contributed by atoms with Crippen LogP contribution in [0.2, 0.25) is 0 Å². The van der Waals surface area contributed by atoms with Gasteiger partial charge in [0.15, 0.2) is 5.78 Å². The van der Waals surface area contributed by atoms with E-state index in [-0.39, 0.29) is 17.9 Å². The first-order valence-corrected chi connectivity index (χ1v) is 12.9. The topological polar surface area (TPSA) is 72.5 Å². The molecule has 1 atom stereocenters. The molecule has 1 unspecified atom stereocenters. The number of rotatable bonds is 7. The van der Waals surface area contributed by atoms with Crippen LogP contribution in [0.4, 0.5) is 5.69 Å². The minimum absolute atomic E-state index is 0.152. The minimum atomic E-state index is -0.221. The molecule has 4 heterocycles. The summed E-state index contributed by atoms with van der Waals surface area (Å²) in [5.74, 6) is 0.255. The number of Topliss-reactive ketones (excluding diaryl/α,β-unsaturated/α-hetero) is 1. The van der Waals surface area contributed by atoms with Gasteiger partial charge in [-0.3, -0.25) is 14.8 Å². The largest absolute Gasteiger partial charge is 0.389 e. The Bertz CT molecular complexity index is 1290. The Morgan fingerprint density at radius 2 is 1.91 bits per heavy atom. The van der Waals surface area contributed by atoms with Crippen LogP contribution in [0.3, 0.4) is 0 Å². The quantitative estimate of drug-likeness (QED) is 0.417. The van der Waals surface area contributed by atoms with Gasteiger partial charge in [-0.1, -0.05) is 18.2 Å². The lowest BCUT2D eigenvalue weighted by Gasteiger charge is -2.37. The third-order valence-electron chi connectivity index (χ3n) is 7.04. The third-order valence-corrected chi connectivity index (χ3v) is 7.74. The maximum atomic E-state index is 13.5. The number of benzene rings is 2. The molecule has 0 spiro atoms. The number of hydrogen-bond donors (Lipinski definition) is 2. The van der Waals surface area contributed by atoms with E-state index < -0.39 is 0 Å². The molecule has 2 aromatic heterocycles. The number of carbonyl (C=O) groups excluding carboxylic acids is 1. The van der Waals surface area contributed by atoms with Crippen LogP contribution >= 0.6 is 11.3 Å². The number of ketones is 1. The number of β-amino-alcohol motifs (C(OH)–C–C–N with tert-alkyl or cyclic N) is 1. The van der Waals surface area contributed by atoms with E-state index >= 15 is 0 Å². The van der Waals surface area contributed by atoms with E-state index in [2.05, 4.69) is 67.2 Å². The number of likely N-dealkylation sites (tertiary alicyclic amines) is 1. The number of fused-ring (bicyclic) bond motifs is 1. The summed E-state index contributed by atoms with van der Waals surface area (Å²) in [4.78, 5) is 18.0. The molecule has 2 aromatic carbocycles. The van der Waals surface area contributed by atoms with Gasteiger partial charge < -0.3 is 10.0 Å². The van der Waals surface area contributed by atoms with Crippen molar-refractivity contribution in [3.63, 3.8) is 0 Å². The zero-order valence-electron chi connectivity index (χ0n) is 19.0. The number of aliphatic hydroxyl groups excluding tert-OH is 1. The van der Waals surface area contributed by atoms with Gasteiger partial charge in [0.1, 0.15) is 0 Å². The molecular weight excluding hydrogens is 444 g/mol. The summed E-state index contributed by atoms with van der Waals surface area (Å²) >= 11 is 1.65. The smallest absolute Gasteiger partial charge is 0.158 e. The molecule has 0 saturated carbocycles. The molecule has 34 heavy (non-hydrogen) atoms. The number of anilines is 1. The predicted octanol–water partition coefficient (Wildman–Crippen LogP) is 4.42. The Morgan fingerprint density at radius 3 is 2.62 bits per heavy atom. The second-order valence-electron chi connectivity index (χ2n) is 9.40. The lowest BCUT2D eigenvalue weighted by atomic mass is 9.97. The van der Waals surface area contributed by atoms with Crippen LogP contribution in [0.25, 0.3) is 22.2 Å². The second-order valence-corrected chi connectivity index (χ2v) is 10.2. The van der Waals surface area contributed by atoms with Crippen LogP contribution in [0.5, 0.6) is 0 Å². The Hall–Kier alpha value is -3.00. The maximum absolute atomic E-state index is 13.5. The van der Waals surface area contributed by atoms with Gasteiger partial charge in [0.05, 0.1) is 23.4 Å². The summed E-state index contributed by atoms with van der Waals surface area (Å²) < 4.78 is 0. The number of nitrogens with one attached hydrogen (secondary N) is 1. The summed E-state index contributed by atoms with van der Waals surface area (Å²) in [5.41, 5.74) is 6.15. The molecule has 0 radical (unpaired) electrons. The highest BCUT2D eigenvalue weighted by Gasteiger charge is 2.30. The van der Waals surface area contributed by atoms with E-state index in [1.807, 2.05) is 12.1 Å². The van der Waals surface area contributed by atoms with Gasteiger partial charge in [-0.25, -0.2) is 0 Å². The van der Waals surface area contributed by atoms with Gasteiger partial charge in [0.2, 0.25) is 0 Å². The van der Waals surface area contributed by atoms with Crippen molar-refractivity contribution in [1.29, 1.82) is 0 Å². The van der Waals surface area contributed by atoms with Gasteiger partial charge in [0.25, 0.3) is 0 Å². The molecule has 4 aromatic rings. The molecule has 0 aliphatic carbocycles. The number of thiophene rings is 1. The molecule has 7 heteroatoms. The van der Waals surface area contributed by atoms with Crippen LogP contribution < -0.4 is 4.90 Å². The van der Waals surface area contributed by atoms with Crippen molar-refractivity contribution in [2.24, 2.45) is 0 Å². The minimum Gasteiger partial charge on any atom is -0.389 e. The summed E-state index contributed by atoms with van der Waals surface area (Å²) in [7, 11) is 0. The number of aromatic nitrogens is 2. The van der Waals surface area contributed by atoms with Gasteiger partial charge in [-0.15, -0.1) is 0 Å². The first-order chi connectivity index (χ1) is 16.7. The number of aliphatic hydroxyl groups is 1. The second kappa shape index (κ2) is 8.98. The fraction of sp³-hybridized carbons (Fsp3) is 0.333. The average molecular weight is 473 g/mol. The van der Waals surface area contributed by atoms with Crippen molar-refractivity contribution in [3.05, 3.63) is 70.4 Å². The fourth-order valence-electron chi connectivity index (χ4n) is 5.22. The zero-order valence-corrected chi connectivity index (χ0v) is 19.8. The highest BCUT2D eigenvalue weighted by atomic mass is 32.1. The predicted molar refractivity (Wildman–Crippen MR) is 136 cm³/mol. The molecule has 0 bridgehead atoms. The first-order valence-electron chi connectivity index (χ1n) is 11.9. The SMILES string of the molecule is O=C(Cc1ccc2[nH]nc(-c3ccc(N4CC(O)C4)cc3)c2c1)C(c1ccsc1)N1CCCC1. The van der Waals surface area contributed by atoms with E-state index in [9.17, 15) is 9.90 Å². The summed E-state index contributed by atoms with van der Waals surface area (Å²) in [6.45, 7) is 3.35. The molecule has 2 saturated heterocycles.